The summed E-state index contributed by atoms with van der Waals surface area (Å²) in [6.07, 6.45) is 1.87. The molecule has 0 bridgehead atoms. The van der Waals surface area contributed by atoms with Crippen molar-refractivity contribution < 1.29 is 17.6 Å². The van der Waals surface area contributed by atoms with Gasteiger partial charge in [-0.15, -0.1) is 11.8 Å². The number of carbonyl (C=O) groups is 1. The maximum Gasteiger partial charge on any atom is 0.261 e. The van der Waals surface area contributed by atoms with Crippen LogP contribution in [0.2, 0.25) is 5.02 Å². The highest BCUT2D eigenvalue weighted by Crippen LogP contribution is 2.24. The first-order chi connectivity index (χ1) is 13.8. The standard InChI is InChI=1S/C20H16ClFN2O3S2/c1-28-16-7-3-6-15(11-16)24-29(26,27)17-8-9-19(18(22)12-17)23-20(25)13-4-2-5-14(21)10-13/h2-12,24H,1H3,(H,23,25). The van der Waals surface area contributed by atoms with Gasteiger partial charge in [0.05, 0.1) is 10.6 Å². The fraction of sp³-hybridized carbons (Fsp3) is 0.0500. The molecule has 150 valence electrons. The number of thioether (sulfide) groups is 1. The van der Waals surface area contributed by atoms with E-state index in [1.54, 1.807) is 30.3 Å². The Hall–Kier alpha value is -2.55. The molecule has 0 fully saturated rings. The molecular formula is C20H16ClFN2O3S2. The van der Waals surface area contributed by atoms with Crippen LogP contribution in [0.5, 0.6) is 0 Å². The summed E-state index contributed by atoms with van der Waals surface area (Å²) in [6, 6.07) is 16.3. The van der Waals surface area contributed by atoms with Crippen LogP contribution < -0.4 is 10.0 Å². The van der Waals surface area contributed by atoms with Gasteiger partial charge in [-0.25, -0.2) is 12.8 Å². The minimum absolute atomic E-state index is 0.140. The van der Waals surface area contributed by atoms with Crippen molar-refractivity contribution in [3.63, 3.8) is 0 Å². The van der Waals surface area contributed by atoms with Crippen molar-refractivity contribution in [2.45, 2.75) is 9.79 Å². The van der Waals surface area contributed by atoms with Crippen LogP contribution in [0.25, 0.3) is 0 Å². The first kappa shape index (κ1) is 21.2. The molecular weight excluding hydrogens is 435 g/mol. The molecule has 1 amide bonds. The van der Waals surface area contributed by atoms with Gasteiger partial charge in [0.2, 0.25) is 0 Å². The summed E-state index contributed by atoms with van der Waals surface area (Å²) in [6.45, 7) is 0. The van der Waals surface area contributed by atoms with E-state index in [1.807, 2.05) is 12.3 Å². The third-order valence-electron chi connectivity index (χ3n) is 3.91. The van der Waals surface area contributed by atoms with Crippen molar-refractivity contribution in [1.29, 1.82) is 0 Å². The molecule has 0 heterocycles. The fourth-order valence-electron chi connectivity index (χ4n) is 2.49. The van der Waals surface area contributed by atoms with Crippen LogP contribution in [0.1, 0.15) is 10.4 Å². The Labute approximate surface area is 177 Å². The van der Waals surface area contributed by atoms with Gasteiger partial charge in [0.1, 0.15) is 5.82 Å². The average molecular weight is 451 g/mol. The van der Waals surface area contributed by atoms with Gasteiger partial charge < -0.3 is 5.32 Å². The Morgan fingerprint density at radius 3 is 2.48 bits per heavy atom. The van der Waals surface area contributed by atoms with Crippen LogP contribution in [-0.2, 0) is 10.0 Å². The zero-order valence-corrected chi connectivity index (χ0v) is 17.5. The Morgan fingerprint density at radius 1 is 1.03 bits per heavy atom. The van der Waals surface area contributed by atoms with Crippen molar-refractivity contribution in [3.8, 4) is 0 Å². The monoisotopic (exact) mass is 450 g/mol. The Kier molecular flexibility index (Phi) is 6.46. The lowest BCUT2D eigenvalue weighted by molar-refractivity contribution is 0.102. The summed E-state index contributed by atoms with van der Waals surface area (Å²) < 4.78 is 42.0. The van der Waals surface area contributed by atoms with Gasteiger partial charge in [-0.1, -0.05) is 23.7 Å². The van der Waals surface area contributed by atoms with E-state index in [1.165, 1.54) is 36.0 Å². The first-order valence-electron chi connectivity index (χ1n) is 8.32. The number of anilines is 2. The number of amides is 1. The largest absolute Gasteiger partial charge is 0.319 e. The van der Waals surface area contributed by atoms with E-state index in [0.717, 1.165) is 11.0 Å². The maximum absolute atomic E-state index is 14.5. The third kappa shape index (κ3) is 5.29. The van der Waals surface area contributed by atoms with E-state index in [9.17, 15) is 17.6 Å². The van der Waals surface area contributed by atoms with Gasteiger partial charge in [-0.3, -0.25) is 9.52 Å². The Balaban J connectivity index is 1.80. The normalized spacial score (nSPS) is 11.1. The molecule has 2 N–H and O–H groups in total. The fourth-order valence-corrected chi connectivity index (χ4v) is 4.20. The second-order valence-corrected chi connectivity index (χ2v) is 8.94. The maximum atomic E-state index is 14.5. The molecule has 0 aliphatic heterocycles. The zero-order chi connectivity index (χ0) is 21.0. The molecule has 0 aliphatic carbocycles. The molecule has 0 radical (unpaired) electrons. The van der Waals surface area contributed by atoms with E-state index in [2.05, 4.69) is 10.0 Å². The SMILES string of the molecule is CSc1cccc(NS(=O)(=O)c2ccc(NC(=O)c3cccc(Cl)c3)c(F)c2)c1. The molecule has 0 aliphatic rings. The predicted molar refractivity (Wildman–Crippen MR) is 115 cm³/mol. The van der Waals surface area contributed by atoms with Crippen LogP contribution in [0.15, 0.2) is 76.5 Å². The van der Waals surface area contributed by atoms with Crippen LogP contribution >= 0.6 is 23.4 Å². The highest BCUT2D eigenvalue weighted by atomic mass is 35.5. The van der Waals surface area contributed by atoms with Crippen molar-refractivity contribution in [1.82, 2.24) is 0 Å². The van der Waals surface area contributed by atoms with E-state index < -0.39 is 21.7 Å². The number of rotatable bonds is 6. The van der Waals surface area contributed by atoms with Crippen LogP contribution in [0.4, 0.5) is 15.8 Å². The lowest BCUT2D eigenvalue weighted by Gasteiger charge is -2.11. The molecule has 3 aromatic rings. The van der Waals surface area contributed by atoms with Gasteiger partial charge >= 0.3 is 0 Å². The van der Waals surface area contributed by atoms with E-state index in [0.29, 0.717) is 10.7 Å². The van der Waals surface area contributed by atoms with Crippen LogP contribution in [0.3, 0.4) is 0 Å². The molecule has 29 heavy (non-hydrogen) atoms. The molecule has 0 unspecified atom stereocenters. The molecule has 0 atom stereocenters. The topological polar surface area (TPSA) is 75.3 Å². The summed E-state index contributed by atoms with van der Waals surface area (Å²) in [5.74, 6) is -1.44. The molecule has 0 aromatic heterocycles. The number of halogens is 2. The van der Waals surface area contributed by atoms with Crippen molar-refractivity contribution in [2.75, 3.05) is 16.3 Å². The van der Waals surface area contributed by atoms with Crippen molar-refractivity contribution >= 4 is 50.7 Å². The molecule has 3 aromatic carbocycles. The highest BCUT2D eigenvalue weighted by molar-refractivity contribution is 7.98. The number of hydrogen-bond acceptors (Lipinski definition) is 4. The number of benzene rings is 3. The second kappa shape index (κ2) is 8.86. The van der Waals surface area contributed by atoms with E-state index in [4.69, 9.17) is 11.6 Å². The van der Waals surface area contributed by atoms with E-state index >= 15 is 0 Å². The van der Waals surface area contributed by atoms with Gasteiger partial charge in [-0.2, -0.15) is 0 Å². The number of carbonyl (C=O) groups excluding carboxylic acids is 1. The molecule has 0 spiro atoms. The van der Waals surface area contributed by atoms with Crippen LogP contribution in [-0.4, -0.2) is 20.6 Å². The lowest BCUT2D eigenvalue weighted by Crippen LogP contribution is -2.15. The Morgan fingerprint density at radius 2 is 1.79 bits per heavy atom. The quantitative estimate of drug-likeness (QED) is 0.502. The predicted octanol–water partition coefficient (Wildman–Crippen LogP) is 5.25. The van der Waals surface area contributed by atoms with Gasteiger partial charge in [0, 0.05) is 21.2 Å². The van der Waals surface area contributed by atoms with E-state index in [-0.39, 0.29) is 16.1 Å². The minimum Gasteiger partial charge on any atom is -0.319 e. The van der Waals surface area contributed by atoms with Crippen molar-refractivity contribution in [3.05, 3.63) is 83.1 Å². The first-order valence-corrected chi connectivity index (χ1v) is 11.4. The summed E-state index contributed by atoms with van der Waals surface area (Å²) in [7, 11) is -3.99. The number of nitrogens with one attached hydrogen (secondary N) is 2. The van der Waals surface area contributed by atoms with Gasteiger partial charge in [0.15, 0.2) is 0 Å². The summed E-state index contributed by atoms with van der Waals surface area (Å²) in [5, 5.41) is 2.78. The number of sulfonamides is 1. The molecule has 5 nitrogen and oxygen atoms in total. The Bertz CT molecular complexity index is 1170. The third-order valence-corrected chi connectivity index (χ3v) is 6.25. The summed E-state index contributed by atoms with van der Waals surface area (Å²) >= 11 is 7.32. The molecule has 0 saturated carbocycles. The molecule has 3 rings (SSSR count). The molecule has 9 heteroatoms. The highest BCUT2D eigenvalue weighted by Gasteiger charge is 2.18. The minimum atomic E-state index is -3.99. The molecule has 0 saturated heterocycles. The zero-order valence-electron chi connectivity index (χ0n) is 15.1. The van der Waals surface area contributed by atoms with Crippen LogP contribution in [0, 0.1) is 5.82 Å². The average Bonchev–Trinajstić information content (AvgIpc) is 2.69. The van der Waals surface area contributed by atoms with Crippen molar-refractivity contribution in [2.24, 2.45) is 0 Å². The van der Waals surface area contributed by atoms with Gasteiger partial charge in [0.25, 0.3) is 15.9 Å². The smallest absolute Gasteiger partial charge is 0.261 e. The van der Waals surface area contributed by atoms with Gasteiger partial charge in [-0.05, 0) is 60.9 Å². The number of hydrogen-bond donors (Lipinski definition) is 2. The lowest BCUT2D eigenvalue weighted by atomic mass is 10.2. The second-order valence-electron chi connectivity index (χ2n) is 5.94. The summed E-state index contributed by atoms with van der Waals surface area (Å²) in [4.78, 5) is 12.9. The summed E-state index contributed by atoms with van der Waals surface area (Å²) in [5.41, 5.74) is 0.484.